The van der Waals surface area contributed by atoms with Crippen LogP contribution in [0.1, 0.15) is 136 Å². The maximum Gasteiger partial charge on any atom is 0.219 e. The summed E-state index contributed by atoms with van der Waals surface area (Å²) in [5.41, 5.74) is 0. The van der Waals surface area contributed by atoms with E-state index in [1.54, 1.807) is 0 Å². The van der Waals surface area contributed by atoms with Gasteiger partial charge in [-0.05, 0) is 26.7 Å². The molecule has 0 aliphatic carbocycles. The van der Waals surface area contributed by atoms with E-state index in [-0.39, 0.29) is 5.91 Å². The predicted molar refractivity (Wildman–Crippen MR) is 134 cm³/mol. The molecule has 0 radical (unpaired) electrons. The van der Waals surface area contributed by atoms with Crippen molar-refractivity contribution in [3.8, 4) is 0 Å². The summed E-state index contributed by atoms with van der Waals surface area (Å²) in [6.07, 6.45) is 23.5. The zero-order chi connectivity index (χ0) is 22.5. The van der Waals surface area contributed by atoms with Crippen LogP contribution in [-0.4, -0.2) is 43.6 Å². The van der Waals surface area contributed by atoms with E-state index in [0.717, 1.165) is 30.4 Å². The molecule has 0 aliphatic heterocycles. The second kappa shape index (κ2) is 20.3. The molecule has 1 unspecified atom stereocenters. The number of hydrogen-bond donors (Lipinski definition) is 1. The molecular formula is C27H57N2O+. The van der Waals surface area contributed by atoms with Crippen LogP contribution in [0.4, 0.5) is 0 Å². The second-order valence-electron chi connectivity index (χ2n) is 10.1. The highest BCUT2D eigenvalue weighted by Gasteiger charge is 2.20. The Kier molecular flexibility index (Phi) is 20.0. The van der Waals surface area contributed by atoms with Gasteiger partial charge in [-0.2, -0.15) is 0 Å². The van der Waals surface area contributed by atoms with Gasteiger partial charge in [0.1, 0.15) is 0 Å². The summed E-state index contributed by atoms with van der Waals surface area (Å²) >= 11 is 0. The fraction of sp³-hybridized carbons (Fsp3) is 0.963. The SMILES string of the molecule is CCCCCCCCCCCCCCCCCC(=O)NCCCC(C)[N+](C)(C)CC. The third kappa shape index (κ3) is 18.2. The maximum atomic E-state index is 12.0. The van der Waals surface area contributed by atoms with Gasteiger partial charge in [-0.1, -0.05) is 96.8 Å². The third-order valence-corrected chi connectivity index (χ3v) is 7.14. The highest BCUT2D eigenvalue weighted by molar-refractivity contribution is 5.75. The number of nitrogens with one attached hydrogen (secondary N) is 1. The predicted octanol–water partition coefficient (Wildman–Crippen LogP) is 7.63. The van der Waals surface area contributed by atoms with Crippen LogP contribution in [0.3, 0.4) is 0 Å². The Morgan fingerprint density at radius 3 is 1.57 bits per heavy atom. The third-order valence-electron chi connectivity index (χ3n) is 7.14. The molecule has 1 amide bonds. The molecule has 0 spiro atoms. The van der Waals surface area contributed by atoms with Gasteiger partial charge < -0.3 is 9.80 Å². The topological polar surface area (TPSA) is 29.1 Å². The monoisotopic (exact) mass is 425 g/mol. The van der Waals surface area contributed by atoms with Crippen molar-refractivity contribution in [1.29, 1.82) is 0 Å². The van der Waals surface area contributed by atoms with E-state index >= 15 is 0 Å². The van der Waals surface area contributed by atoms with Crippen LogP contribution < -0.4 is 5.32 Å². The first kappa shape index (κ1) is 29.4. The Labute approximate surface area is 190 Å². The molecule has 0 saturated carbocycles. The molecule has 180 valence electrons. The standard InChI is InChI=1S/C27H56N2O/c1-6-8-9-10-11-12-13-14-15-16-17-18-19-20-21-24-27(30)28-25-22-23-26(3)29(4,5)7-2/h26H,6-25H2,1-5H3/p+1. The van der Waals surface area contributed by atoms with Crippen molar-refractivity contribution < 1.29 is 9.28 Å². The zero-order valence-corrected chi connectivity index (χ0v) is 21.6. The summed E-state index contributed by atoms with van der Waals surface area (Å²) < 4.78 is 1.06. The molecule has 0 heterocycles. The summed E-state index contributed by atoms with van der Waals surface area (Å²) in [7, 11) is 4.58. The van der Waals surface area contributed by atoms with Crippen molar-refractivity contribution >= 4 is 5.91 Å². The largest absolute Gasteiger partial charge is 0.356 e. The van der Waals surface area contributed by atoms with E-state index in [1.165, 1.54) is 96.3 Å². The molecule has 1 atom stereocenters. The van der Waals surface area contributed by atoms with Crippen molar-refractivity contribution in [2.75, 3.05) is 27.2 Å². The van der Waals surface area contributed by atoms with Gasteiger partial charge in [0.15, 0.2) is 0 Å². The molecule has 0 bridgehead atoms. The molecule has 0 saturated heterocycles. The lowest BCUT2D eigenvalue weighted by molar-refractivity contribution is -0.911. The Balaban J connectivity index is 3.30. The first-order valence-corrected chi connectivity index (χ1v) is 13.5. The number of unbranched alkanes of at least 4 members (excludes halogenated alkanes) is 14. The van der Waals surface area contributed by atoms with E-state index in [0.29, 0.717) is 12.5 Å². The maximum absolute atomic E-state index is 12.0. The van der Waals surface area contributed by atoms with Gasteiger partial charge in [-0.15, -0.1) is 0 Å². The lowest BCUT2D eigenvalue weighted by Gasteiger charge is -2.35. The first-order valence-electron chi connectivity index (χ1n) is 13.5. The molecule has 0 fully saturated rings. The molecule has 0 aromatic heterocycles. The van der Waals surface area contributed by atoms with Crippen molar-refractivity contribution in [3.63, 3.8) is 0 Å². The first-order chi connectivity index (χ1) is 14.4. The summed E-state index contributed by atoms with van der Waals surface area (Å²) in [4.78, 5) is 12.0. The van der Waals surface area contributed by atoms with Gasteiger partial charge in [0.05, 0.1) is 26.7 Å². The number of nitrogens with zero attached hydrogens (tertiary/aromatic N) is 1. The molecule has 30 heavy (non-hydrogen) atoms. The molecule has 0 aliphatic rings. The average molecular weight is 426 g/mol. The molecule has 0 rings (SSSR count). The summed E-state index contributed by atoms with van der Waals surface area (Å²) in [5, 5.41) is 3.11. The van der Waals surface area contributed by atoms with Gasteiger partial charge in [0.25, 0.3) is 0 Å². The Morgan fingerprint density at radius 2 is 1.13 bits per heavy atom. The molecule has 1 N–H and O–H groups in total. The minimum Gasteiger partial charge on any atom is -0.356 e. The number of amides is 1. The summed E-state index contributed by atoms with van der Waals surface area (Å²) in [6.45, 7) is 8.85. The van der Waals surface area contributed by atoms with Gasteiger partial charge >= 0.3 is 0 Å². The zero-order valence-electron chi connectivity index (χ0n) is 21.6. The fourth-order valence-electron chi connectivity index (χ4n) is 4.03. The van der Waals surface area contributed by atoms with Crippen LogP contribution in [0.25, 0.3) is 0 Å². The molecule has 0 aromatic carbocycles. The molecule has 3 heteroatoms. The summed E-state index contributed by atoms with van der Waals surface area (Å²) in [6, 6.07) is 0.655. The van der Waals surface area contributed by atoms with Crippen molar-refractivity contribution in [1.82, 2.24) is 5.32 Å². The van der Waals surface area contributed by atoms with Crippen LogP contribution in [-0.2, 0) is 4.79 Å². The number of hydrogen-bond acceptors (Lipinski definition) is 1. The molecule has 3 nitrogen and oxygen atoms in total. The number of carbonyl (C=O) groups is 1. The normalized spacial score (nSPS) is 12.8. The number of rotatable bonds is 22. The highest BCUT2D eigenvalue weighted by Crippen LogP contribution is 2.14. The Bertz CT molecular complexity index is 381. The van der Waals surface area contributed by atoms with Gasteiger partial charge in [0, 0.05) is 19.4 Å². The lowest BCUT2D eigenvalue weighted by Crippen LogP contribution is -2.47. The molecular weight excluding hydrogens is 368 g/mol. The van der Waals surface area contributed by atoms with Crippen molar-refractivity contribution in [3.05, 3.63) is 0 Å². The van der Waals surface area contributed by atoms with E-state index in [2.05, 4.69) is 40.2 Å². The lowest BCUT2D eigenvalue weighted by atomic mass is 10.0. The van der Waals surface area contributed by atoms with E-state index in [4.69, 9.17) is 0 Å². The van der Waals surface area contributed by atoms with Crippen LogP contribution in [0.2, 0.25) is 0 Å². The van der Waals surface area contributed by atoms with Gasteiger partial charge in [-0.3, -0.25) is 4.79 Å². The smallest absolute Gasteiger partial charge is 0.219 e. The van der Waals surface area contributed by atoms with Crippen LogP contribution in [0.5, 0.6) is 0 Å². The quantitative estimate of drug-likeness (QED) is 0.140. The van der Waals surface area contributed by atoms with Crippen LogP contribution in [0.15, 0.2) is 0 Å². The highest BCUT2D eigenvalue weighted by atomic mass is 16.1. The van der Waals surface area contributed by atoms with E-state index < -0.39 is 0 Å². The van der Waals surface area contributed by atoms with E-state index in [1.807, 2.05) is 0 Å². The van der Waals surface area contributed by atoms with Crippen molar-refractivity contribution in [2.45, 2.75) is 142 Å². The minimum absolute atomic E-state index is 0.251. The minimum atomic E-state index is 0.251. The van der Waals surface area contributed by atoms with Crippen LogP contribution >= 0.6 is 0 Å². The molecule has 0 aromatic rings. The fourth-order valence-corrected chi connectivity index (χ4v) is 4.03. The Hall–Kier alpha value is -0.570. The van der Waals surface area contributed by atoms with Crippen LogP contribution in [0, 0.1) is 0 Å². The average Bonchev–Trinajstić information content (AvgIpc) is 2.73. The summed E-state index contributed by atoms with van der Waals surface area (Å²) in [5.74, 6) is 0.251. The number of quaternary nitrogens is 1. The Morgan fingerprint density at radius 1 is 0.700 bits per heavy atom. The second-order valence-corrected chi connectivity index (χ2v) is 10.1. The van der Waals surface area contributed by atoms with E-state index in [9.17, 15) is 4.79 Å². The number of carbonyl (C=O) groups excluding carboxylic acids is 1. The van der Waals surface area contributed by atoms with Gasteiger partial charge in [0.2, 0.25) is 5.91 Å². The van der Waals surface area contributed by atoms with Crippen molar-refractivity contribution in [2.24, 2.45) is 0 Å². The van der Waals surface area contributed by atoms with Gasteiger partial charge in [-0.25, -0.2) is 0 Å².